The van der Waals surface area contributed by atoms with E-state index in [1.165, 1.54) is 40.7 Å². The van der Waals surface area contributed by atoms with Crippen molar-refractivity contribution in [3.63, 3.8) is 0 Å². The molecule has 6 heteroatoms. The number of sulfonamides is 1. The third kappa shape index (κ3) is 3.02. The Kier molecular flexibility index (Phi) is 4.45. The van der Waals surface area contributed by atoms with E-state index >= 15 is 0 Å². The second kappa shape index (κ2) is 5.93. The highest BCUT2D eigenvalue weighted by molar-refractivity contribution is 9.10. The molecule has 0 aromatic heterocycles. The van der Waals surface area contributed by atoms with E-state index < -0.39 is 15.8 Å². The number of hydrogen-bond acceptors (Lipinski definition) is 2. The maximum absolute atomic E-state index is 12.9. The zero-order valence-corrected chi connectivity index (χ0v) is 13.2. The lowest BCUT2D eigenvalue weighted by molar-refractivity contribution is 0.591. The van der Waals surface area contributed by atoms with Crippen LogP contribution in [0.3, 0.4) is 0 Å². The molecule has 2 aromatic rings. The van der Waals surface area contributed by atoms with Crippen LogP contribution in [0.15, 0.2) is 57.9 Å². The van der Waals surface area contributed by atoms with Crippen LogP contribution >= 0.6 is 15.9 Å². The third-order valence-electron chi connectivity index (χ3n) is 2.80. The van der Waals surface area contributed by atoms with E-state index in [1.54, 1.807) is 19.1 Å². The first-order valence-electron chi connectivity index (χ1n) is 5.99. The number of halogens is 2. The van der Waals surface area contributed by atoms with Crippen LogP contribution in [0.1, 0.15) is 6.92 Å². The van der Waals surface area contributed by atoms with Crippen molar-refractivity contribution < 1.29 is 12.8 Å². The Morgan fingerprint density at radius 3 is 2.10 bits per heavy atom. The van der Waals surface area contributed by atoms with E-state index in [1.807, 2.05) is 0 Å². The lowest BCUT2D eigenvalue weighted by Gasteiger charge is -2.22. The molecule has 2 aromatic carbocycles. The van der Waals surface area contributed by atoms with Gasteiger partial charge in [0, 0.05) is 11.0 Å². The highest BCUT2D eigenvalue weighted by Gasteiger charge is 2.23. The molecule has 0 N–H and O–H groups in total. The Labute approximate surface area is 126 Å². The molecule has 0 bridgehead atoms. The lowest BCUT2D eigenvalue weighted by atomic mass is 10.3. The molecule has 0 atom stereocenters. The summed E-state index contributed by atoms with van der Waals surface area (Å²) in [5.41, 5.74) is 0.441. The van der Waals surface area contributed by atoms with Gasteiger partial charge >= 0.3 is 0 Å². The molecule has 106 valence electrons. The van der Waals surface area contributed by atoms with Crippen molar-refractivity contribution in [2.75, 3.05) is 10.8 Å². The van der Waals surface area contributed by atoms with Gasteiger partial charge in [-0.2, -0.15) is 0 Å². The Morgan fingerprint density at radius 1 is 1.05 bits per heavy atom. The van der Waals surface area contributed by atoms with E-state index in [9.17, 15) is 12.8 Å². The number of rotatable bonds is 4. The van der Waals surface area contributed by atoms with E-state index in [2.05, 4.69) is 15.9 Å². The van der Waals surface area contributed by atoms with Crippen molar-refractivity contribution in [2.45, 2.75) is 11.8 Å². The van der Waals surface area contributed by atoms with Crippen LogP contribution in [0.4, 0.5) is 10.1 Å². The van der Waals surface area contributed by atoms with Crippen LogP contribution in [-0.2, 0) is 10.0 Å². The minimum Gasteiger partial charge on any atom is -0.267 e. The maximum atomic E-state index is 12.9. The lowest BCUT2D eigenvalue weighted by Crippen LogP contribution is -2.30. The summed E-state index contributed by atoms with van der Waals surface area (Å²) >= 11 is 3.27. The Balaban J connectivity index is 2.44. The minimum atomic E-state index is -3.64. The van der Waals surface area contributed by atoms with Crippen LogP contribution in [0.5, 0.6) is 0 Å². The molecule has 0 spiro atoms. The van der Waals surface area contributed by atoms with Crippen LogP contribution in [0.25, 0.3) is 0 Å². The van der Waals surface area contributed by atoms with E-state index in [4.69, 9.17) is 0 Å². The summed E-state index contributed by atoms with van der Waals surface area (Å²) in [7, 11) is -3.64. The topological polar surface area (TPSA) is 37.4 Å². The fourth-order valence-electron chi connectivity index (χ4n) is 1.83. The molecule has 0 aliphatic carbocycles. The number of nitrogens with zero attached hydrogens (tertiary/aromatic N) is 1. The third-order valence-corrected chi connectivity index (χ3v) is 5.25. The van der Waals surface area contributed by atoms with Gasteiger partial charge in [-0.15, -0.1) is 0 Å². The van der Waals surface area contributed by atoms with Gasteiger partial charge in [0.1, 0.15) is 5.82 Å². The molecule has 0 aliphatic rings. The summed E-state index contributed by atoms with van der Waals surface area (Å²) in [5.74, 6) is -0.397. The molecule has 0 fully saturated rings. The second-order valence-corrected chi connectivity index (χ2v) is 6.88. The van der Waals surface area contributed by atoms with Crippen molar-refractivity contribution in [3.8, 4) is 0 Å². The number of anilines is 1. The Bertz CT molecular complexity index is 684. The van der Waals surface area contributed by atoms with E-state index in [-0.39, 0.29) is 11.4 Å². The average Bonchev–Trinajstić information content (AvgIpc) is 2.42. The predicted molar refractivity (Wildman–Crippen MR) is 80.7 cm³/mol. The second-order valence-electron chi connectivity index (χ2n) is 4.10. The Morgan fingerprint density at radius 2 is 1.60 bits per heavy atom. The summed E-state index contributed by atoms with van der Waals surface area (Å²) in [6.07, 6.45) is 0. The average molecular weight is 358 g/mol. The fourth-order valence-corrected chi connectivity index (χ4v) is 3.57. The molecule has 20 heavy (non-hydrogen) atoms. The molecule has 0 radical (unpaired) electrons. The molecule has 0 saturated carbocycles. The SMILES string of the molecule is CCN(c1ccc(F)cc1)S(=O)(=O)c1ccc(Br)cc1. The molecule has 0 aliphatic heterocycles. The zero-order valence-electron chi connectivity index (χ0n) is 10.8. The highest BCUT2D eigenvalue weighted by Crippen LogP contribution is 2.24. The van der Waals surface area contributed by atoms with Crippen molar-refractivity contribution >= 4 is 31.6 Å². The summed E-state index contributed by atoms with van der Waals surface area (Å²) in [5, 5.41) is 0. The van der Waals surface area contributed by atoms with Gasteiger partial charge in [-0.3, -0.25) is 4.31 Å². The molecule has 0 heterocycles. The monoisotopic (exact) mass is 357 g/mol. The first-order chi connectivity index (χ1) is 9.45. The smallest absolute Gasteiger partial charge is 0.264 e. The van der Waals surface area contributed by atoms with Gasteiger partial charge in [0.15, 0.2) is 0 Å². The predicted octanol–water partition coefficient (Wildman–Crippen LogP) is 3.80. The van der Waals surface area contributed by atoms with Gasteiger partial charge < -0.3 is 0 Å². The van der Waals surface area contributed by atoms with Crippen LogP contribution in [-0.4, -0.2) is 15.0 Å². The molecule has 0 saturated heterocycles. The van der Waals surface area contributed by atoms with Gasteiger partial charge in [0.05, 0.1) is 10.6 Å². The van der Waals surface area contributed by atoms with E-state index in [0.29, 0.717) is 5.69 Å². The molecular formula is C14H13BrFNO2S. The molecule has 3 nitrogen and oxygen atoms in total. The summed E-state index contributed by atoms with van der Waals surface area (Å²) in [6.45, 7) is 2.00. The first kappa shape index (κ1) is 15.0. The standard InChI is InChI=1S/C14H13BrFNO2S/c1-2-17(13-7-5-12(16)6-8-13)20(18,19)14-9-3-11(15)4-10-14/h3-10H,2H2,1H3. The van der Waals surface area contributed by atoms with Crippen molar-refractivity contribution in [3.05, 3.63) is 58.8 Å². The van der Waals surface area contributed by atoms with Gasteiger partial charge in [-0.25, -0.2) is 12.8 Å². The van der Waals surface area contributed by atoms with Gasteiger partial charge in [0.25, 0.3) is 10.0 Å². The summed E-state index contributed by atoms with van der Waals surface area (Å²) in [4.78, 5) is 0.201. The summed E-state index contributed by atoms with van der Waals surface area (Å²) < 4.78 is 40.2. The maximum Gasteiger partial charge on any atom is 0.264 e. The zero-order chi connectivity index (χ0) is 14.8. The minimum absolute atomic E-state index is 0.201. The molecule has 0 unspecified atom stereocenters. The van der Waals surface area contributed by atoms with Crippen molar-refractivity contribution in [2.24, 2.45) is 0 Å². The van der Waals surface area contributed by atoms with Crippen molar-refractivity contribution in [1.29, 1.82) is 0 Å². The molecule has 0 amide bonds. The normalized spacial score (nSPS) is 11.3. The number of hydrogen-bond donors (Lipinski definition) is 0. The van der Waals surface area contributed by atoms with Crippen LogP contribution < -0.4 is 4.31 Å². The first-order valence-corrected chi connectivity index (χ1v) is 8.22. The van der Waals surface area contributed by atoms with Crippen LogP contribution in [0.2, 0.25) is 0 Å². The van der Waals surface area contributed by atoms with Gasteiger partial charge in [0.2, 0.25) is 0 Å². The molecule has 2 rings (SSSR count). The largest absolute Gasteiger partial charge is 0.267 e. The van der Waals surface area contributed by atoms with E-state index in [0.717, 1.165) is 4.47 Å². The van der Waals surface area contributed by atoms with Gasteiger partial charge in [-0.05, 0) is 55.5 Å². The highest BCUT2D eigenvalue weighted by atomic mass is 79.9. The van der Waals surface area contributed by atoms with Crippen molar-refractivity contribution in [1.82, 2.24) is 0 Å². The Hall–Kier alpha value is -1.40. The summed E-state index contributed by atoms with van der Waals surface area (Å²) in [6, 6.07) is 11.8. The number of benzene rings is 2. The quantitative estimate of drug-likeness (QED) is 0.834. The van der Waals surface area contributed by atoms with Gasteiger partial charge in [-0.1, -0.05) is 15.9 Å². The van der Waals surface area contributed by atoms with Crippen LogP contribution in [0, 0.1) is 5.82 Å². The molecular weight excluding hydrogens is 345 g/mol. The fraction of sp³-hybridized carbons (Fsp3) is 0.143.